The zero-order valence-electron chi connectivity index (χ0n) is 14.6. The summed E-state index contributed by atoms with van der Waals surface area (Å²) in [6, 6.07) is 10.0. The molecule has 2 aromatic carbocycles. The minimum absolute atomic E-state index is 0.105. The summed E-state index contributed by atoms with van der Waals surface area (Å²) in [6.07, 6.45) is 0. The summed E-state index contributed by atoms with van der Waals surface area (Å²) in [5, 5.41) is 14.8. The Hall–Kier alpha value is -2.60. The van der Waals surface area contributed by atoms with Crippen molar-refractivity contribution in [2.24, 2.45) is 0 Å². The molecule has 134 valence electrons. The average Bonchev–Trinajstić information content (AvgIpc) is 2.61. The van der Waals surface area contributed by atoms with Crippen LogP contribution in [0.2, 0.25) is 0 Å². The smallest absolute Gasteiger partial charge is 0.251 e. The molecule has 0 saturated heterocycles. The van der Waals surface area contributed by atoms with Gasteiger partial charge in [-0.2, -0.15) is 0 Å². The third-order valence-electron chi connectivity index (χ3n) is 4.02. The summed E-state index contributed by atoms with van der Waals surface area (Å²) >= 11 is 0. The molecule has 0 aliphatic rings. The molecule has 0 heterocycles. The molecule has 0 bridgehead atoms. The van der Waals surface area contributed by atoms with Crippen molar-refractivity contribution in [1.82, 2.24) is 5.32 Å². The Morgan fingerprint density at radius 1 is 1.32 bits per heavy atom. The van der Waals surface area contributed by atoms with Gasteiger partial charge in [0.1, 0.15) is 0 Å². The van der Waals surface area contributed by atoms with Gasteiger partial charge in [-0.05, 0) is 49.2 Å². The molecule has 0 aromatic heterocycles. The van der Waals surface area contributed by atoms with Gasteiger partial charge >= 0.3 is 0 Å². The van der Waals surface area contributed by atoms with Crippen LogP contribution in [0.1, 0.15) is 34.5 Å². The van der Waals surface area contributed by atoms with Crippen molar-refractivity contribution in [2.45, 2.75) is 19.9 Å². The number of rotatable bonds is 7. The Kier molecular flexibility index (Phi) is 6.36. The third kappa shape index (κ3) is 4.48. The van der Waals surface area contributed by atoms with Gasteiger partial charge in [0.2, 0.25) is 0 Å². The molecule has 2 rings (SSSR count). The second-order valence-electron chi connectivity index (χ2n) is 5.72. The number of anilines is 1. The van der Waals surface area contributed by atoms with E-state index in [0.29, 0.717) is 5.56 Å². The molecule has 0 spiro atoms. The molecular formula is C19H23FN2O3. The number of hydrogen-bond donors (Lipinski definition) is 3. The van der Waals surface area contributed by atoms with Gasteiger partial charge in [0.25, 0.3) is 5.91 Å². The molecule has 25 heavy (non-hydrogen) atoms. The molecule has 1 atom stereocenters. The molecule has 1 amide bonds. The van der Waals surface area contributed by atoms with E-state index in [4.69, 9.17) is 9.84 Å². The van der Waals surface area contributed by atoms with Crippen LogP contribution in [0.5, 0.6) is 5.75 Å². The number of amides is 1. The van der Waals surface area contributed by atoms with Crippen molar-refractivity contribution < 1.29 is 19.0 Å². The molecule has 1 unspecified atom stereocenters. The Balaban J connectivity index is 2.21. The van der Waals surface area contributed by atoms with Crippen molar-refractivity contribution in [3.8, 4) is 5.75 Å². The number of halogens is 1. The van der Waals surface area contributed by atoms with E-state index < -0.39 is 5.82 Å². The van der Waals surface area contributed by atoms with E-state index in [0.717, 1.165) is 16.8 Å². The lowest BCUT2D eigenvalue weighted by Crippen LogP contribution is -2.27. The SMILES string of the molecule is COc1cc(C(C)Nc2cccc(C(=O)NCCO)c2C)ccc1F. The molecular weight excluding hydrogens is 323 g/mol. The fraction of sp³-hybridized carbons (Fsp3) is 0.316. The standard InChI is InChI=1S/C19H23FN2O3/c1-12-15(19(24)21-9-10-23)5-4-6-17(12)22-13(2)14-7-8-16(20)18(11-14)25-3/h4-8,11,13,22-23H,9-10H2,1-3H3,(H,21,24). The fourth-order valence-electron chi connectivity index (χ4n) is 2.56. The van der Waals surface area contributed by atoms with Crippen LogP contribution in [0.15, 0.2) is 36.4 Å². The van der Waals surface area contributed by atoms with Crippen molar-refractivity contribution in [2.75, 3.05) is 25.6 Å². The second-order valence-corrected chi connectivity index (χ2v) is 5.72. The lowest BCUT2D eigenvalue weighted by atomic mass is 10.0. The highest BCUT2D eigenvalue weighted by molar-refractivity contribution is 5.97. The number of nitrogens with one attached hydrogen (secondary N) is 2. The molecule has 0 saturated carbocycles. The first-order valence-electron chi connectivity index (χ1n) is 8.06. The van der Waals surface area contributed by atoms with Gasteiger partial charge in [-0.25, -0.2) is 4.39 Å². The third-order valence-corrected chi connectivity index (χ3v) is 4.02. The van der Waals surface area contributed by atoms with Crippen molar-refractivity contribution in [1.29, 1.82) is 0 Å². The van der Waals surface area contributed by atoms with Gasteiger partial charge in [0.15, 0.2) is 11.6 Å². The molecule has 0 aliphatic carbocycles. The van der Waals surface area contributed by atoms with E-state index in [1.165, 1.54) is 13.2 Å². The number of aliphatic hydroxyl groups excluding tert-OH is 1. The van der Waals surface area contributed by atoms with Gasteiger partial charge in [-0.1, -0.05) is 12.1 Å². The summed E-state index contributed by atoms with van der Waals surface area (Å²) in [4.78, 5) is 12.1. The van der Waals surface area contributed by atoms with Gasteiger partial charge in [0, 0.05) is 23.8 Å². The second kappa shape index (κ2) is 8.48. The minimum atomic E-state index is -0.405. The van der Waals surface area contributed by atoms with E-state index in [1.807, 2.05) is 19.9 Å². The van der Waals surface area contributed by atoms with Crippen LogP contribution in [0.4, 0.5) is 10.1 Å². The topological polar surface area (TPSA) is 70.6 Å². The Morgan fingerprint density at radius 3 is 2.76 bits per heavy atom. The first-order valence-corrected chi connectivity index (χ1v) is 8.06. The lowest BCUT2D eigenvalue weighted by Gasteiger charge is -2.19. The fourth-order valence-corrected chi connectivity index (χ4v) is 2.56. The quantitative estimate of drug-likeness (QED) is 0.721. The van der Waals surface area contributed by atoms with Crippen molar-refractivity contribution in [3.05, 3.63) is 58.9 Å². The zero-order valence-corrected chi connectivity index (χ0v) is 14.6. The minimum Gasteiger partial charge on any atom is -0.494 e. The molecule has 0 fully saturated rings. The highest BCUT2D eigenvalue weighted by Gasteiger charge is 2.14. The number of carbonyl (C=O) groups excluding carboxylic acids is 1. The highest BCUT2D eigenvalue weighted by Crippen LogP contribution is 2.27. The van der Waals surface area contributed by atoms with E-state index >= 15 is 0 Å². The van der Waals surface area contributed by atoms with E-state index in [-0.39, 0.29) is 30.9 Å². The first kappa shape index (κ1) is 18.7. The van der Waals surface area contributed by atoms with Crippen molar-refractivity contribution in [3.63, 3.8) is 0 Å². The zero-order chi connectivity index (χ0) is 18.4. The molecule has 2 aromatic rings. The number of carbonyl (C=O) groups is 1. The maximum atomic E-state index is 13.6. The number of benzene rings is 2. The van der Waals surface area contributed by atoms with Crippen molar-refractivity contribution >= 4 is 11.6 Å². The molecule has 5 nitrogen and oxygen atoms in total. The Morgan fingerprint density at radius 2 is 2.08 bits per heavy atom. The van der Waals surface area contributed by atoms with Crippen LogP contribution in [-0.2, 0) is 0 Å². The van der Waals surface area contributed by atoms with Crippen LogP contribution >= 0.6 is 0 Å². The number of aliphatic hydroxyl groups is 1. The molecule has 6 heteroatoms. The summed E-state index contributed by atoms with van der Waals surface area (Å²) in [6.45, 7) is 3.91. The van der Waals surface area contributed by atoms with E-state index in [1.54, 1.807) is 24.3 Å². The van der Waals surface area contributed by atoms with Gasteiger partial charge in [-0.3, -0.25) is 4.79 Å². The number of hydrogen-bond acceptors (Lipinski definition) is 4. The summed E-state index contributed by atoms with van der Waals surface area (Å²) in [5.41, 5.74) is 3.03. The lowest BCUT2D eigenvalue weighted by molar-refractivity contribution is 0.0944. The molecule has 0 aliphatic heterocycles. The normalized spacial score (nSPS) is 11.7. The maximum Gasteiger partial charge on any atom is 0.251 e. The summed E-state index contributed by atoms with van der Waals surface area (Å²) in [7, 11) is 1.43. The maximum absolute atomic E-state index is 13.6. The number of ether oxygens (including phenoxy) is 1. The average molecular weight is 346 g/mol. The predicted molar refractivity (Wildman–Crippen MR) is 95.6 cm³/mol. The van der Waals surface area contributed by atoms with Gasteiger partial charge in [0.05, 0.1) is 13.7 Å². The largest absolute Gasteiger partial charge is 0.494 e. The molecule has 0 radical (unpaired) electrons. The predicted octanol–water partition coefficient (Wildman–Crippen LogP) is 3.04. The van der Waals surface area contributed by atoms with Crippen LogP contribution < -0.4 is 15.4 Å². The van der Waals surface area contributed by atoms with Crippen LogP contribution in [0.3, 0.4) is 0 Å². The highest BCUT2D eigenvalue weighted by atomic mass is 19.1. The monoisotopic (exact) mass is 346 g/mol. The Bertz CT molecular complexity index is 749. The summed E-state index contributed by atoms with van der Waals surface area (Å²) in [5.74, 6) is -0.441. The summed E-state index contributed by atoms with van der Waals surface area (Å²) < 4.78 is 18.6. The van der Waals surface area contributed by atoms with Gasteiger partial charge in [-0.15, -0.1) is 0 Å². The van der Waals surface area contributed by atoms with Gasteiger partial charge < -0.3 is 20.5 Å². The first-order chi connectivity index (χ1) is 12.0. The van der Waals surface area contributed by atoms with E-state index in [2.05, 4.69) is 10.6 Å². The van der Waals surface area contributed by atoms with Crippen LogP contribution in [-0.4, -0.2) is 31.3 Å². The molecule has 3 N–H and O–H groups in total. The Labute approximate surface area is 146 Å². The number of methoxy groups -OCH3 is 1. The van der Waals surface area contributed by atoms with E-state index in [9.17, 15) is 9.18 Å². The van der Waals surface area contributed by atoms with Crippen LogP contribution in [0.25, 0.3) is 0 Å². The van der Waals surface area contributed by atoms with Crippen LogP contribution in [0, 0.1) is 12.7 Å².